The SMILES string of the molecule is CCCNC1CCCCC1N(C)C(CC)CC. The van der Waals surface area contributed by atoms with Gasteiger partial charge in [-0.05, 0) is 45.7 Å². The summed E-state index contributed by atoms with van der Waals surface area (Å²) in [5.74, 6) is 0. The van der Waals surface area contributed by atoms with Crippen LogP contribution in [0.15, 0.2) is 0 Å². The Morgan fingerprint density at radius 2 is 1.76 bits per heavy atom. The topological polar surface area (TPSA) is 15.3 Å². The van der Waals surface area contributed by atoms with E-state index in [2.05, 4.69) is 38.0 Å². The van der Waals surface area contributed by atoms with Gasteiger partial charge in [0.25, 0.3) is 0 Å². The van der Waals surface area contributed by atoms with E-state index in [1.54, 1.807) is 0 Å². The zero-order valence-corrected chi connectivity index (χ0v) is 12.3. The fourth-order valence-corrected chi connectivity index (χ4v) is 3.30. The van der Waals surface area contributed by atoms with Crippen LogP contribution in [0, 0.1) is 0 Å². The average molecular weight is 240 g/mol. The van der Waals surface area contributed by atoms with Crippen molar-refractivity contribution in [3.63, 3.8) is 0 Å². The molecule has 1 saturated carbocycles. The number of nitrogens with one attached hydrogen (secondary N) is 1. The molecule has 0 aromatic carbocycles. The van der Waals surface area contributed by atoms with Crippen molar-refractivity contribution in [3.8, 4) is 0 Å². The van der Waals surface area contributed by atoms with Gasteiger partial charge in [-0.3, -0.25) is 4.90 Å². The summed E-state index contributed by atoms with van der Waals surface area (Å²) >= 11 is 0. The normalized spacial score (nSPS) is 25.8. The Hall–Kier alpha value is -0.0800. The standard InChI is InChI=1S/C15H32N2/c1-5-12-16-14-10-8-9-11-15(14)17(4)13(6-2)7-3/h13-16H,5-12H2,1-4H3. The van der Waals surface area contributed by atoms with Crippen molar-refractivity contribution in [2.75, 3.05) is 13.6 Å². The zero-order valence-electron chi connectivity index (χ0n) is 12.3. The number of likely N-dealkylation sites (N-methyl/N-ethyl adjacent to an activating group) is 1. The highest BCUT2D eigenvalue weighted by molar-refractivity contribution is 4.89. The summed E-state index contributed by atoms with van der Waals surface area (Å²) in [4.78, 5) is 2.66. The highest BCUT2D eigenvalue weighted by atomic mass is 15.2. The first-order valence-electron chi connectivity index (χ1n) is 7.69. The molecule has 0 saturated heterocycles. The molecule has 0 heterocycles. The Morgan fingerprint density at radius 1 is 1.12 bits per heavy atom. The van der Waals surface area contributed by atoms with Gasteiger partial charge >= 0.3 is 0 Å². The van der Waals surface area contributed by atoms with Crippen LogP contribution in [-0.2, 0) is 0 Å². The summed E-state index contributed by atoms with van der Waals surface area (Å²) in [6.07, 6.45) is 9.39. The minimum Gasteiger partial charge on any atom is -0.312 e. The van der Waals surface area contributed by atoms with Gasteiger partial charge in [0.05, 0.1) is 0 Å². The second kappa shape index (κ2) is 8.10. The number of hydrogen-bond acceptors (Lipinski definition) is 2. The van der Waals surface area contributed by atoms with Crippen molar-refractivity contribution in [1.29, 1.82) is 0 Å². The molecule has 102 valence electrons. The Balaban J connectivity index is 2.56. The van der Waals surface area contributed by atoms with Crippen molar-refractivity contribution in [2.45, 2.75) is 83.8 Å². The Bertz CT molecular complexity index is 189. The van der Waals surface area contributed by atoms with E-state index in [9.17, 15) is 0 Å². The van der Waals surface area contributed by atoms with Crippen LogP contribution in [0.2, 0.25) is 0 Å². The molecule has 17 heavy (non-hydrogen) atoms. The van der Waals surface area contributed by atoms with E-state index in [0.29, 0.717) is 0 Å². The fourth-order valence-electron chi connectivity index (χ4n) is 3.30. The van der Waals surface area contributed by atoms with E-state index in [1.165, 1.54) is 51.5 Å². The number of nitrogens with zero attached hydrogens (tertiary/aromatic N) is 1. The van der Waals surface area contributed by atoms with E-state index in [0.717, 1.165) is 18.1 Å². The van der Waals surface area contributed by atoms with Gasteiger partial charge < -0.3 is 5.32 Å². The van der Waals surface area contributed by atoms with Crippen molar-refractivity contribution >= 4 is 0 Å². The highest BCUT2D eigenvalue weighted by Gasteiger charge is 2.30. The molecular formula is C15H32N2. The molecule has 0 spiro atoms. The maximum absolute atomic E-state index is 3.76. The predicted octanol–water partition coefficient (Wildman–Crippen LogP) is 3.42. The third-order valence-electron chi connectivity index (χ3n) is 4.43. The first kappa shape index (κ1) is 15.0. The van der Waals surface area contributed by atoms with Crippen LogP contribution < -0.4 is 5.32 Å². The van der Waals surface area contributed by atoms with Gasteiger partial charge in [-0.2, -0.15) is 0 Å². The lowest BCUT2D eigenvalue weighted by Gasteiger charge is -2.42. The van der Waals surface area contributed by atoms with Gasteiger partial charge in [0.15, 0.2) is 0 Å². The lowest BCUT2D eigenvalue weighted by atomic mass is 9.88. The van der Waals surface area contributed by atoms with E-state index >= 15 is 0 Å². The monoisotopic (exact) mass is 240 g/mol. The molecule has 1 aliphatic rings. The van der Waals surface area contributed by atoms with Crippen molar-refractivity contribution in [2.24, 2.45) is 0 Å². The third kappa shape index (κ3) is 4.26. The second-order valence-electron chi connectivity index (χ2n) is 5.55. The summed E-state index contributed by atoms with van der Waals surface area (Å²) in [6.45, 7) is 8.08. The molecular weight excluding hydrogens is 208 g/mol. The van der Waals surface area contributed by atoms with Gasteiger partial charge in [0.2, 0.25) is 0 Å². The van der Waals surface area contributed by atoms with Crippen molar-refractivity contribution < 1.29 is 0 Å². The van der Waals surface area contributed by atoms with E-state index in [4.69, 9.17) is 0 Å². The molecule has 2 atom stereocenters. The number of hydrogen-bond donors (Lipinski definition) is 1. The van der Waals surface area contributed by atoms with Crippen LogP contribution >= 0.6 is 0 Å². The highest BCUT2D eigenvalue weighted by Crippen LogP contribution is 2.25. The Morgan fingerprint density at radius 3 is 2.35 bits per heavy atom. The van der Waals surface area contributed by atoms with Crippen LogP contribution in [0.5, 0.6) is 0 Å². The summed E-state index contributed by atoms with van der Waals surface area (Å²) in [5, 5.41) is 3.76. The zero-order chi connectivity index (χ0) is 12.7. The van der Waals surface area contributed by atoms with E-state index < -0.39 is 0 Å². The number of rotatable bonds is 7. The first-order valence-corrected chi connectivity index (χ1v) is 7.69. The van der Waals surface area contributed by atoms with Gasteiger partial charge in [0.1, 0.15) is 0 Å². The van der Waals surface area contributed by atoms with Crippen LogP contribution in [0.25, 0.3) is 0 Å². The Kier molecular flexibility index (Phi) is 7.14. The molecule has 0 bridgehead atoms. The summed E-state index contributed by atoms with van der Waals surface area (Å²) in [7, 11) is 2.34. The largest absolute Gasteiger partial charge is 0.312 e. The maximum Gasteiger partial charge on any atom is 0.0249 e. The Labute approximate surface area is 108 Å². The van der Waals surface area contributed by atoms with Crippen LogP contribution in [0.3, 0.4) is 0 Å². The molecule has 1 aliphatic carbocycles. The molecule has 2 unspecified atom stereocenters. The van der Waals surface area contributed by atoms with Crippen molar-refractivity contribution in [1.82, 2.24) is 10.2 Å². The molecule has 1 fully saturated rings. The molecule has 1 rings (SSSR count). The molecule has 1 N–H and O–H groups in total. The van der Waals surface area contributed by atoms with Gasteiger partial charge in [-0.15, -0.1) is 0 Å². The van der Waals surface area contributed by atoms with Crippen LogP contribution in [-0.4, -0.2) is 36.6 Å². The van der Waals surface area contributed by atoms with Gasteiger partial charge in [-0.25, -0.2) is 0 Å². The van der Waals surface area contributed by atoms with E-state index in [1.807, 2.05) is 0 Å². The lowest BCUT2D eigenvalue weighted by Crippen LogP contribution is -2.53. The smallest absolute Gasteiger partial charge is 0.0249 e. The molecule has 2 nitrogen and oxygen atoms in total. The second-order valence-corrected chi connectivity index (χ2v) is 5.55. The third-order valence-corrected chi connectivity index (χ3v) is 4.43. The minimum absolute atomic E-state index is 0.731. The summed E-state index contributed by atoms with van der Waals surface area (Å²) in [5.41, 5.74) is 0. The summed E-state index contributed by atoms with van der Waals surface area (Å²) < 4.78 is 0. The summed E-state index contributed by atoms with van der Waals surface area (Å²) in [6, 6.07) is 2.26. The maximum atomic E-state index is 3.76. The average Bonchev–Trinajstić information content (AvgIpc) is 2.38. The molecule has 0 amide bonds. The first-order chi connectivity index (χ1) is 8.24. The quantitative estimate of drug-likeness (QED) is 0.733. The molecule has 0 aromatic rings. The van der Waals surface area contributed by atoms with Gasteiger partial charge in [0, 0.05) is 18.1 Å². The molecule has 0 aromatic heterocycles. The molecule has 0 aliphatic heterocycles. The van der Waals surface area contributed by atoms with Crippen LogP contribution in [0.1, 0.15) is 65.7 Å². The molecule has 2 heteroatoms. The fraction of sp³-hybridized carbons (Fsp3) is 1.00. The van der Waals surface area contributed by atoms with Crippen LogP contribution in [0.4, 0.5) is 0 Å². The van der Waals surface area contributed by atoms with E-state index in [-0.39, 0.29) is 0 Å². The molecule has 0 radical (unpaired) electrons. The predicted molar refractivity (Wildman–Crippen MR) is 76.5 cm³/mol. The van der Waals surface area contributed by atoms with Gasteiger partial charge in [-0.1, -0.05) is 33.6 Å². The minimum atomic E-state index is 0.731. The van der Waals surface area contributed by atoms with Crippen molar-refractivity contribution in [3.05, 3.63) is 0 Å². The lowest BCUT2D eigenvalue weighted by molar-refractivity contribution is 0.101.